The lowest BCUT2D eigenvalue weighted by molar-refractivity contribution is 0.0522. The first-order valence-corrected chi connectivity index (χ1v) is 8.15. The van der Waals surface area contributed by atoms with Crippen LogP contribution in [-0.4, -0.2) is 46.2 Å². The van der Waals surface area contributed by atoms with Gasteiger partial charge in [-0.1, -0.05) is 44.9 Å². The van der Waals surface area contributed by atoms with Crippen LogP contribution < -0.4 is 0 Å². The lowest BCUT2D eigenvalue weighted by Crippen LogP contribution is -2.40. The third-order valence-corrected chi connectivity index (χ3v) is 4.88. The van der Waals surface area contributed by atoms with Crippen LogP contribution in [0.5, 0.6) is 0 Å². The molecule has 0 aromatic carbocycles. The number of nitrogens with zero attached hydrogens (tertiary/aromatic N) is 1. The summed E-state index contributed by atoms with van der Waals surface area (Å²) in [5.41, 5.74) is 0.476. The summed E-state index contributed by atoms with van der Waals surface area (Å²) in [6, 6.07) is 0. The van der Waals surface area contributed by atoms with Crippen molar-refractivity contribution in [2.24, 2.45) is 5.41 Å². The Morgan fingerprint density at radius 2 is 1.56 bits per heavy atom. The summed E-state index contributed by atoms with van der Waals surface area (Å²) < 4.78 is 5.95. The van der Waals surface area contributed by atoms with E-state index in [2.05, 4.69) is 12.5 Å². The first kappa shape index (κ1) is 14.5. The first-order chi connectivity index (χ1) is 8.85. The van der Waals surface area contributed by atoms with Crippen molar-refractivity contribution >= 4 is 15.0 Å². The minimum absolute atomic E-state index is 0.476. The molecule has 1 saturated heterocycles. The molecule has 1 heterocycles. The zero-order chi connectivity index (χ0) is 12.7. The van der Waals surface area contributed by atoms with Crippen molar-refractivity contribution in [3.63, 3.8) is 0 Å². The average Bonchev–Trinajstić information content (AvgIpc) is 2.60. The van der Waals surface area contributed by atoms with Crippen LogP contribution in [0.25, 0.3) is 0 Å². The van der Waals surface area contributed by atoms with Crippen molar-refractivity contribution in [3.8, 4) is 0 Å². The molecule has 2 fully saturated rings. The van der Waals surface area contributed by atoms with E-state index < -0.39 is 0 Å². The van der Waals surface area contributed by atoms with Gasteiger partial charge >= 0.3 is 0 Å². The lowest BCUT2D eigenvalue weighted by atomic mass is 9.63. The fraction of sp³-hybridized carbons (Fsp3) is 1.00. The van der Waals surface area contributed by atoms with E-state index in [1.807, 2.05) is 0 Å². The van der Waals surface area contributed by atoms with Gasteiger partial charge in [-0.15, -0.1) is 0 Å². The zero-order valence-corrected chi connectivity index (χ0v) is 12.3. The van der Waals surface area contributed by atoms with E-state index in [0.29, 0.717) is 5.41 Å². The Morgan fingerprint density at radius 1 is 0.944 bits per heavy atom. The topological polar surface area (TPSA) is 12.5 Å². The van der Waals surface area contributed by atoms with Gasteiger partial charge in [-0.3, -0.25) is 0 Å². The second-order valence-electron chi connectivity index (χ2n) is 6.40. The average molecular weight is 249 g/mol. The van der Waals surface area contributed by atoms with Gasteiger partial charge in [0.25, 0.3) is 0 Å². The van der Waals surface area contributed by atoms with Gasteiger partial charge in [0.1, 0.15) is 0 Å². The van der Waals surface area contributed by atoms with Gasteiger partial charge in [-0.2, -0.15) is 0 Å². The molecule has 18 heavy (non-hydrogen) atoms. The summed E-state index contributed by atoms with van der Waals surface area (Å²) >= 11 is 0. The van der Waals surface area contributed by atoms with E-state index in [1.165, 1.54) is 71.6 Å². The van der Waals surface area contributed by atoms with Crippen LogP contribution in [0, 0.1) is 5.41 Å². The number of rotatable bonds is 1. The van der Waals surface area contributed by atoms with Gasteiger partial charge in [-0.05, 0) is 19.4 Å². The van der Waals surface area contributed by atoms with Gasteiger partial charge < -0.3 is 9.55 Å². The molecule has 1 aliphatic heterocycles. The molecule has 1 spiro atoms. The predicted molar refractivity (Wildman–Crippen MR) is 82.1 cm³/mol. The molecular formula is C14H29B2NO. The second-order valence-corrected chi connectivity index (χ2v) is 6.40. The minimum Gasteiger partial charge on any atom is -0.380 e. The highest BCUT2D eigenvalue weighted by atomic mass is 16.5. The normalized spacial score (nSPS) is 27.6. The van der Waals surface area contributed by atoms with Gasteiger partial charge in [0, 0.05) is 12.0 Å². The molecule has 0 unspecified atom stereocenters. The fourth-order valence-electron chi connectivity index (χ4n) is 3.66. The molecule has 1 aliphatic carbocycles. The Bertz CT molecular complexity index is 228. The van der Waals surface area contributed by atoms with Crippen molar-refractivity contribution in [2.75, 3.05) is 26.3 Å². The molecule has 2 rings (SSSR count). The Balaban J connectivity index is 1.97. The van der Waals surface area contributed by atoms with E-state index in [9.17, 15) is 0 Å². The molecule has 102 valence electrons. The monoisotopic (exact) mass is 249 g/mol. The summed E-state index contributed by atoms with van der Waals surface area (Å²) in [6.07, 6.45) is 12.9. The smallest absolute Gasteiger partial charge is 0.161 e. The van der Waals surface area contributed by atoms with Crippen LogP contribution in [0.1, 0.15) is 57.8 Å². The standard InChI is InChI=1S/C14H29B2NO/c15-16-17-10-11-18-13-14(12-17)8-6-4-2-1-3-5-7-9-14/h16H,1-13,15H2. The van der Waals surface area contributed by atoms with Crippen LogP contribution in [-0.2, 0) is 4.74 Å². The van der Waals surface area contributed by atoms with Crippen LogP contribution in [0.2, 0.25) is 0 Å². The lowest BCUT2D eigenvalue weighted by Gasteiger charge is -2.36. The number of hydrogen-bond acceptors (Lipinski definition) is 2. The van der Waals surface area contributed by atoms with Crippen molar-refractivity contribution in [1.29, 1.82) is 0 Å². The Morgan fingerprint density at radius 3 is 2.17 bits per heavy atom. The van der Waals surface area contributed by atoms with E-state index in [0.717, 1.165) is 19.8 Å². The molecule has 0 radical (unpaired) electrons. The number of hydrogen-bond donors (Lipinski definition) is 0. The maximum atomic E-state index is 5.95. The van der Waals surface area contributed by atoms with Crippen LogP contribution in [0.15, 0.2) is 0 Å². The molecule has 0 aromatic heterocycles. The summed E-state index contributed by atoms with van der Waals surface area (Å²) in [6.45, 7) is 4.38. The van der Waals surface area contributed by atoms with Gasteiger partial charge in [-0.25, -0.2) is 0 Å². The van der Waals surface area contributed by atoms with E-state index in [-0.39, 0.29) is 0 Å². The molecule has 0 aromatic rings. The van der Waals surface area contributed by atoms with E-state index >= 15 is 0 Å². The van der Waals surface area contributed by atoms with Crippen molar-refractivity contribution in [2.45, 2.75) is 57.8 Å². The van der Waals surface area contributed by atoms with Gasteiger partial charge in [0.05, 0.1) is 21.0 Å². The molecule has 2 aliphatic rings. The molecule has 0 amide bonds. The third kappa shape index (κ3) is 4.31. The Kier molecular flexibility index (Phi) is 6.10. The largest absolute Gasteiger partial charge is 0.380 e. The second kappa shape index (κ2) is 7.59. The molecule has 0 bridgehead atoms. The predicted octanol–water partition coefficient (Wildman–Crippen LogP) is 1.73. The minimum atomic E-state index is 0.476. The van der Waals surface area contributed by atoms with E-state index in [1.54, 1.807) is 0 Å². The first-order valence-electron chi connectivity index (χ1n) is 8.15. The molecule has 2 nitrogen and oxygen atoms in total. The maximum absolute atomic E-state index is 5.95. The fourth-order valence-corrected chi connectivity index (χ4v) is 3.66. The molecule has 0 atom stereocenters. The van der Waals surface area contributed by atoms with Crippen molar-refractivity contribution in [3.05, 3.63) is 0 Å². The summed E-state index contributed by atoms with van der Waals surface area (Å²) in [5, 5.41) is 0. The quantitative estimate of drug-likeness (QED) is 0.656. The highest BCUT2D eigenvalue weighted by molar-refractivity contribution is 6.87. The van der Waals surface area contributed by atoms with Crippen LogP contribution in [0.3, 0.4) is 0 Å². The molecule has 4 heteroatoms. The molecule has 1 saturated carbocycles. The maximum Gasteiger partial charge on any atom is 0.161 e. The van der Waals surface area contributed by atoms with Crippen LogP contribution >= 0.6 is 0 Å². The Labute approximate surface area is 114 Å². The molecule has 0 N–H and O–H groups in total. The van der Waals surface area contributed by atoms with Crippen molar-refractivity contribution < 1.29 is 4.74 Å². The molecular weight excluding hydrogens is 220 g/mol. The van der Waals surface area contributed by atoms with Gasteiger partial charge in [0.15, 0.2) is 7.31 Å². The summed E-state index contributed by atoms with van der Waals surface area (Å²) in [7, 11) is 3.48. The van der Waals surface area contributed by atoms with Crippen molar-refractivity contribution in [1.82, 2.24) is 4.81 Å². The number of ether oxygens (including phenoxy) is 1. The highest BCUT2D eigenvalue weighted by Gasteiger charge is 2.33. The van der Waals surface area contributed by atoms with E-state index in [4.69, 9.17) is 4.74 Å². The summed E-state index contributed by atoms with van der Waals surface area (Å²) in [4.78, 5) is 2.61. The third-order valence-electron chi connectivity index (χ3n) is 4.88. The Hall–Kier alpha value is 0.0499. The SMILES string of the molecule is BBN1CCOCC2(CCCCCCCCC2)C1. The highest BCUT2D eigenvalue weighted by Crippen LogP contribution is 2.35. The van der Waals surface area contributed by atoms with Gasteiger partial charge in [0.2, 0.25) is 0 Å². The summed E-state index contributed by atoms with van der Waals surface area (Å²) in [5.74, 6) is 0. The zero-order valence-electron chi connectivity index (χ0n) is 12.3. The van der Waals surface area contributed by atoms with Crippen LogP contribution in [0.4, 0.5) is 0 Å².